The quantitative estimate of drug-likeness (QED) is 0.797. The van der Waals surface area contributed by atoms with Gasteiger partial charge in [0.15, 0.2) is 0 Å². The standard InChI is InChI=1S/C13H16ClN3O3S/c14-12-3-4-13(11(10-12)2-1-5-15)16-21(18,19)17-6-8-20-9-7-17/h3-4,10,16H,5-9,15H2. The zero-order valence-corrected chi connectivity index (χ0v) is 12.9. The molecule has 0 unspecified atom stereocenters. The first-order valence-electron chi connectivity index (χ1n) is 6.37. The Bertz CT molecular complexity index is 661. The van der Waals surface area contributed by atoms with Gasteiger partial charge in [-0.1, -0.05) is 23.4 Å². The third kappa shape index (κ3) is 4.33. The fraction of sp³-hybridized carbons (Fsp3) is 0.385. The number of nitrogens with zero attached hydrogens (tertiary/aromatic N) is 1. The van der Waals surface area contributed by atoms with E-state index in [1.807, 2.05) is 0 Å². The van der Waals surface area contributed by atoms with Crippen molar-refractivity contribution in [2.45, 2.75) is 0 Å². The summed E-state index contributed by atoms with van der Waals surface area (Å²) in [6.07, 6.45) is 0. The maximum Gasteiger partial charge on any atom is 0.301 e. The maximum absolute atomic E-state index is 12.3. The van der Waals surface area contributed by atoms with Crippen LogP contribution in [-0.2, 0) is 14.9 Å². The van der Waals surface area contributed by atoms with Crippen molar-refractivity contribution >= 4 is 27.5 Å². The average molecular weight is 330 g/mol. The lowest BCUT2D eigenvalue weighted by Crippen LogP contribution is -2.43. The summed E-state index contributed by atoms with van der Waals surface area (Å²) in [4.78, 5) is 0. The minimum absolute atomic E-state index is 0.183. The highest BCUT2D eigenvalue weighted by molar-refractivity contribution is 7.90. The van der Waals surface area contributed by atoms with Gasteiger partial charge in [0.05, 0.1) is 31.0 Å². The molecule has 1 fully saturated rings. The lowest BCUT2D eigenvalue weighted by molar-refractivity contribution is 0.0733. The molecule has 0 saturated carbocycles. The van der Waals surface area contributed by atoms with Crippen LogP contribution < -0.4 is 10.5 Å². The van der Waals surface area contributed by atoms with Crippen molar-refractivity contribution in [2.24, 2.45) is 5.73 Å². The van der Waals surface area contributed by atoms with E-state index in [0.29, 0.717) is 42.6 Å². The number of halogens is 1. The summed E-state index contributed by atoms with van der Waals surface area (Å²) in [7, 11) is -3.64. The van der Waals surface area contributed by atoms with Crippen LogP contribution in [0.3, 0.4) is 0 Å². The van der Waals surface area contributed by atoms with E-state index in [1.165, 1.54) is 4.31 Å². The Kier molecular flexibility index (Phi) is 5.45. The van der Waals surface area contributed by atoms with Crippen molar-refractivity contribution in [3.05, 3.63) is 28.8 Å². The monoisotopic (exact) mass is 329 g/mol. The zero-order valence-electron chi connectivity index (χ0n) is 11.3. The molecule has 1 aromatic carbocycles. The first kappa shape index (κ1) is 16.1. The molecule has 0 radical (unpaired) electrons. The number of nitrogens with one attached hydrogen (secondary N) is 1. The van der Waals surface area contributed by atoms with Crippen LogP contribution in [0.25, 0.3) is 0 Å². The fourth-order valence-electron chi connectivity index (χ4n) is 1.85. The molecular formula is C13H16ClN3O3S. The molecule has 21 heavy (non-hydrogen) atoms. The Balaban J connectivity index is 2.25. The number of hydrogen-bond acceptors (Lipinski definition) is 4. The average Bonchev–Trinajstić information content (AvgIpc) is 2.48. The minimum atomic E-state index is -3.64. The third-order valence-corrected chi connectivity index (χ3v) is 4.61. The summed E-state index contributed by atoms with van der Waals surface area (Å²) >= 11 is 5.91. The molecular weight excluding hydrogens is 314 g/mol. The van der Waals surface area contributed by atoms with Crippen LogP contribution in [-0.4, -0.2) is 45.6 Å². The molecule has 6 nitrogen and oxygen atoms in total. The van der Waals surface area contributed by atoms with E-state index in [4.69, 9.17) is 22.1 Å². The normalized spacial score (nSPS) is 16.1. The Morgan fingerprint density at radius 1 is 1.38 bits per heavy atom. The highest BCUT2D eigenvalue weighted by Gasteiger charge is 2.24. The van der Waals surface area contributed by atoms with Gasteiger partial charge < -0.3 is 10.5 Å². The van der Waals surface area contributed by atoms with Gasteiger partial charge in [-0.2, -0.15) is 12.7 Å². The first-order chi connectivity index (χ1) is 10.0. The molecule has 0 spiro atoms. The smallest absolute Gasteiger partial charge is 0.301 e. The van der Waals surface area contributed by atoms with Crippen LogP contribution in [0.1, 0.15) is 5.56 Å². The van der Waals surface area contributed by atoms with Crippen LogP contribution in [0.2, 0.25) is 5.02 Å². The van der Waals surface area contributed by atoms with Gasteiger partial charge in [-0.3, -0.25) is 4.72 Å². The molecule has 1 aliphatic heterocycles. The summed E-state index contributed by atoms with van der Waals surface area (Å²) in [6.45, 7) is 1.62. The molecule has 1 saturated heterocycles. The Hall–Kier alpha value is -1.30. The van der Waals surface area contributed by atoms with E-state index in [0.717, 1.165) is 0 Å². The third-order valence-electron chi connectivity index (χ3n) is 2.86. The van der Waals surface area contributed by atoms with E-state index < -0.39 is 10.2 Å². The Labute approximate surface area is 129 Å². The Morgan fingerprint density at radius 3 is 2.76 bits per heavy atom. The van der Waals surface area contributed by atoms with Gasteiger partial charge in [0, 0.05) is 18.1 Å². The van der Waals surface area contributed by atoms with Crippen LogP contribution in [0, 0.1) is 11.8 Å². The van der Waals surface area contributed by atoms with E-state index in [1.54, 1.807) is 18.2 Å². The van der Waals surface area contributed by atoms with E-state index in [-0.39, 0.29) is 6.54 Å². The maximum atomic E-state index is 12.3. The predicted molar refractivity (Wildman–Crippen MR) is 82.3 cm³/mol. The van der Waals surface area contributed by atoms with Crippen LogP contribution in [0.5, 0.6) is 0 Å². The number of hydrogen-bond donors (Lipinski definition) is 2. The van der Waals surface area contributed by atoms with Crippen molar-refractivity contribution in [1.29, 1.82) is 0 Å². The minimum Gasteiger partial charge on any atom is -0.379 e. The number of nitrogens with two attached hydrogens (primary N) is 1. The number of benzene rings is 1. The molecule has 0 atom stereocenters. The van der Waals surface area contributed by atoms with Gasteiger partial charge in [0.1, 0.15) is 0 Å². The number of anilines is 1. The molecule has 1 heterocycles. The molecule has 8 heteroatoms. The van der Waals surface area contributed by atoms with Gasteiger partial charge in [-0.15, -0.1) is 0 Å². The highest BCUT2D eigenvalue weighted by atomic mass is 35.5. The summed E-state index contributed by atoms with van der Waals surface area (Å²) < 4.78 is 33.7. The van der Waals surface area contributed by atoms with Crippen LogP contribution >= 0.6 is 11.6 Å². The summed E-state index contributed by atoms with van der Waals surface area (Å²) in [6, 6.07) is 4.79. The lowest BCUT2D eigenvalue weighted by atomic mass is 10.2. The molecule has 1 aliphatic rings. The van der Waals surface area contributed by atoms with E-state index >= 15 is 0 Å². The predicted octanol–water partition coefficient (Wildman–Crippen LogP) is 0.639. The van der Waals surface area contributed by atoms with E-state index in [9.17, 15) is 8.42 Å². The highest BCUT2D eigenvalue weighted by Crippen LogP contribution is 2.22. The number of rotatable bonds is 3. The van der Waals surface area contributed by atoms with Crippen molar-refractivity contribution in [1.82, 2.24) is 4.31 Å². The topological polar surface area (TPSA) is 84.7 Å². The molecule has 1 aromatic rings. The lowest BCUT2D eigenvalue weighted by Gasteiger charge is -2.26. The van der Waals surface area contributed by atoms with Gasteiger partial charge in [0.2, 0.25) is 0 Å². The van der Waals surface area contributed by atoms with Crippen molar-refractivity contribution in [2.75, 3.05) is 37.6 Å². The number of ether oxygens (including phenoxy) is 1. The van der Waals surface area contributed by atoms with Crippen molar-refractivity contribution in [3.63, 3.8) is 0 Å². The number of morpholine rings is 1. The first-order valence-corrected chi connectivity index (χ1v) is 8.19. The van der Waals surface area contributed by atoms with Gasteiger partial charge in [0.25, 0.3) is 0 Å². The molecule has 114 valence electrons. The SMILES string of the molecule is NCC#Cc1cc(Cl)ccc1NS(=O)(=O)N1CCOCC1. The second kappa shape index (κ2) is 7.11. The molecule has 0 amide bonds. The van der Waals surface area contributed by atoms with Gasteiger partial charge >= 0.3 is 10.2 Å². The second-order valence-electron chi connectivity index (χ2n) is 4.31. The van der Waals surface area contributed by atoms with Gasteiger partial charge in [-0.05, 0) is 18.2 Å². The van der Waals surface area contributed by atoms with Crippen LogP contribution in [0.4, 0.5) is 5.69 Å². The Morgan fingerprint density at radius 2 is 2.10 bits per heavy atom. The van der Waals surface area contributed by atoms with E-state index in [2.05, 4.69) is 16.6 Å². The second-order valence-corrected chi connectivity index (χ2v) is 6.42. The molecule has 0 bridgehead atoms. The summed E-state index contributed by atoms with van der Waals surface area (Å²) in [5.74, 6) is 5.50. The fourth-order valence-corrected chi connectivity index (χ4v) is 3.23. The van der Waals surface area contributed by atoms with Gasteiger partial charge in [-0.25, -0.2) is 0 Å². The summed E-state index contributed by atoms with van der Waals surface area (Å²) in [5.41, 5.74) is 6.21. The molecule has 0 aliphatic carbocycles. The van der Waals surface area contributed by atoms with Crippen LogP contribution in [0.15, 0.2) is 18.2 Å². The molecule has 2 rings (SSSR count). The molecule has 3 N–H and O–H groups in total. The van der Waals surface area contributed by atoms with Crippen molar-refractivity contribution < 1.29 is 13.2 Å². The summed E-state index contributed by atoms with van der Waals surface area (Å²) in [5, 5.41) is 0.477. The molecule has 0 aromatic heterocycles. The van der Waals surface area contributed by atoms with Crippen molar-refractivity contribution in [3.8, 4) is 11.8 Å². The largest absolute Gasteiger partial charge is 0.379 e. The zero-order chi connectivity index (χ0) is 15.3.